The van der Waals surface area contributed by atoms with Gasteiger partial charge in [-0.25, -0.2) is 4.79 Å². The van der Waals surface area contributed by atoms with Gasteiger partial charge < -0.3 is 10.4 Å². The fourth-order valence-electron chi connectivity index (χ4n) is 1.74. The molecular weight excluding hydrogens is 287 g/mol. The fourth-order valence-corrected chi connectivity index (χ4v) is 1.74. The van der Waals surface area contributed by atoms with Crippen molar-refractivity contribution in [1.29, 1.82) is 0 Å². The standard InChI is InChI=1S/C14H16F3NO3/c1-3-8(2)11(13(20)21)18-12(19)9-5-4-6-10(7-9)14(15,16)17/h4-8,11H,3H2,1-2H3,(H,18,19)(H,20,21)/t8-,11+/m1/s1. The Labute approximate surface area is 120 Å². The van der Waals surface area contributed by atoms with Gasteiger partial charge in [0.25, 0.3) is 5.91 Å². The SMILES string of the molecule is CC[C@@H](C)[C@H](NC(=O)c1cccc(C(F)(F)F)c1)C(=O)O. The van der Waals surface area contributed by atoms with Gasteiger partial charge in [0.15, 0.2) is 0 Å². The summed E-state index contributed by atoms with van der Waals surface area (Å²) in [5, 5.41) is 11.3. The van der Waals surface area contributed by atoms with Gasteiger partial charge in [0.2, 0.25) is 0 Å². The Kier molecular flexibility index (Phi) is 5.34. The highest BCUT2D eigenvalue weighted by molar-refractivity contribution is 5.96. The number of amides is 1. The van der Waals surface area contributed by atoms with Crippen LogP contribution in [0.15, 0.2) is 24.3 Å². The predicted octanol–water partition coefficient (Wildman–Crippen LogP) is 2.93. The molecule has 4 nitrogen and oxygen atoms in total. The van der Waals surface area contributed by atoms with Crippen LogP contribution in [0, 0.1) is 5.92 Å². The average molecular weight is 303 g/mol. The highest BCUT2D eigenvalue weighted by Crippen LogP contribution is 2.29. The summed E-state index contributed by atoms with van der Waals surface area (Å²) in [4.78, 5) is 23.0. The van der Waals surface area contributed by atoms with Crippen molar-refractivity contribution in [2.45, 2.75) is 32.5 Å². The first-order valence-electron chi connectivity index (χ1n) is 6.37. The van der Waals surface area contributed by atoms with Crippen LogP contribution in [0.25, 0.3) is 0 Å². The minimum Gasteiger partial charge on any atom is -0.480 e. The number of carboxylic acid groups (broad SMARTS) is 1. The number of aliphatic carboxylic acids is 1. The number of carbonyl (C=O) groups excluding carboxylic acids is 1. The first-order valence-corrected chi connectivity index (χ1v) is 6.37. The van der Waals surface area contributed by atoms with E-state index in [0.717, 1.165) is 12.1 Å². The molecule has 0 aromatic heterocycles. The Bertz CT molecular complexity index is 528. The quantitative estimate of drug-likeness (QED) is 0.879. The second-order valence-electron chi connectivity index (χ2n) is 4.75. The molecule has 0 radical (unpaired) electrons. The van der Waals surface area contributed by atoms with Gasteiger partial charge in [0.1, 0.15) is 6.04 Å². The van der Waals surface area contributed by atoms with Crippen LogP contribution in [0.2, 0.25) is 0 Å². The largest absolute Gasteiger partial charge is 0.480 e. The second-order valence-corrected chi connectivity index (χ2v) is 4.75. The molecule has 1 aromatic rings. The number of carbonyl (C=O) groups is 2. The van der Waals surface area contributed by atoms with E-state index in [-0.39, 0.29) is 11.5 Å². The highest BCUT2D eigenvalue weighted by Gasteiger charge is 2.31. The molecule has 0 spiro atoms. The maximum atomic E-state index is 12.6. The number of nitrogens with one attached hydrogen (secondary N) is 1. The van der Waals surface area contributed by atoms with Crippen LogP contribution in [0.4, 0.5) is 13.2 Å². The van der Waals surface area contributed by atoms with E-state index >= 15 is 0 Å². The molecule has 116 valence electrons. The molecule has 0 saturated heterocycles. The molecule has 1 aromatic carbocycles. The first kappa shape index (κ1) is 17.0. The maximum absolute atomic E-state index is 12.6. The lowest BCUT2D eigenvalue weighted by atomic mass is 9.98. The summed E-state index contributed by atoms with van der Waals surface area (Å²) >= 11 is 0. The Morgan fingerprint density at radius 1 is 1.33 bits per heavy atom. The maximum Gasteiger partial charge on any atom is 0.416 e. The van der Waals surface area contributed by atoms with E-state index < -0.39 is 29.7 Å². The van der Waals surface area contributed by atoms with Crippen LogP contribution in [-0.4, -0.2) is 23.0 Å². The average Bonchev–Trinajstić information content (AvgIpc) is 2.42. The van der Waals surface area contributed by atoms with Gasteiger partial charge in [-0.2, -0.15) is 13.2 Å². The van der Waals surface area contributed by atoms with Crippen molar-refractivity contribution in [3.05, 3.63) is 35.4 Å². The summed E-state index contributed by atoms with van der Waals surface area (Å²) in [6.45, 7) is 3.41. The van der Waals surface area contributed by atoms with Gasteiger partial charge in [0, 0.05) is 5.56 Å². The lowest BCUT2D eigenvalue weighted by Gasteiger charge is -2.20. The molecule has 2 atom stereocenters. The van der Waals surface area contributed by atoms with Crippen molar-refractivity contribution >= 4 is 11.9 Å². The van der Waals surface area contributed by atoms with E-state index in [2.05, 4.69) is 5.32 Å². The first-order chi connectivity index (χ1) is 9.66. The van der Waals surface area contributed by atoms with Crippen molar-refractivity contribution in [2.24, 2.45) is 5.92 Å². The van der Waals surface area contributed by atoms with Crippen molar-refractivity contribution in [3.63, 3.8) is 0 Å². The summed E-state index contributed by atoms with van der Waals surface area (Å²) in [6.07, 6.45) is -4.04. The summed E-state index contributed by atoms with van der Waals surface area (Å²) in [7, 11) is 0. The van der Waals surface area contributed by atoms with E-state index in [1.54, 1.807) is 13.8 Å². The molecule has 2 N–H and O–H groups in total. The molecule has 0 saturated carbocycles. The minimum atomic E-state index is -4.56. The Morgan fingerprint density at radius 3 is 2.43 bits per heavy atom. The van der Waals surface area contributed by atoms with Crippen molar-refractivity contribution in [3.8, 4) is 0 Å². The third-order valence-corrected chi connectivity index (χ3v) is 3.22. The van der Waals surface area contributed by atoms with Crippen molar-refractivity contribution < 1.29 is 27.9 Å². The van der Waals surface area contributed by atoms with Crippen molar-refractivity contribution in [1.82, 2.24) is 5.32 Å². The summed E-state index contributed by atoms with van der Waals surface area (Å²) in [5.41, 5.74) is -1.18. The van der Waals surface area contributed by atoms with E-state index in [9.17, 15) is 22.8 Å². The number of hydrogen-bond acceptors (Lipinski definition) is 2. The molecule has 0 bridgehead atoms. The summed E-state index contributed by atoms with van der Waals surface area (Å²) in [5.74, 6) is -2.39. The number of benzene rings is 1. The van der Waals surface area contributed by atoms with Crippen LogP contribution in [0.5, 0.6) is 0 Å². The monoisotopic (exact) mass is 303 g/mol. The van der Waals surface area contributed by atoms with E-state index in [4.69, 9.17) is 5.11 Å². The fraction of sp³-hybridized carbons (Fsp3) is 0.429. The number of alkyl halides is 3. The summed E-state index contributed by atoms with van der Waals surface area (Å²) < 4.78 is 37.7. The van der Waals surface area contributed by atoms with Crippen LogP contribution in [-0.2, 0) is 11.0 Å². The molecule has 0 heterocycles. The normalized spacial score (nSPS) is 14.3. The summed E-state index contributed by atoms with van der Waals surface area (Å²) in [6, 6.07) is 2.72. The third-order valence-electron chi connectivity index (χ3n) is 3.22. The number of rotatable bonds is 5. The topological polar surface area (TPSA) is 66.4 Å². The number of hydrogen-bond donors (Lipinski definition) is 2. The van der Waals surface area contributed by atoms with Crippen LogP contribution in [0.3, 0.4) is 0 Å². The zero-order valence-electron chi connectivity index (χ0n) is 11.6. The van der Waals surface area contributed by atoms with Gasteiger partial charge in [-0.15, -0.1) is 0 Å². The Hall–Kier alpha value is -2.05. The molecule has 1 rings (SSSR count). The van der Waals surface area contributed by atoms with E-state index in [0.29, 0.717) is 12.5 Å². The third kappa shape index (κ3) is 4.47. The Morgan fingerprint density at radius 2 is 1.95 bits per heavy atom. The zero-order valence-corrected chi connectivity index (χ0v) is 11.6. The van der Waals surface area contributed by atoms with Crippen molar-refractivity contribution in [2.75, 3.05) is 0 Å². The van der Waals surface area contributed by atoms with Gasteiger partial charge in [-0.3, -0.25) is 4.79 Å². The van der Waals surface area contributed by atoms with Gasteiger partial charge in [-0.05, 0) is 24.1 Å². The molecule has 7 heteroatoms. The predicted molar refractivity (Wildman–Crippen MR) is 69.8 cm³/mol. The zero-order chi connectivity index (χ0) is 16.2. The van der Waals surface area contributed by atoms with E-state index in [1.165, 1.54) is 6.07 Å². The molecule has 21 heavy (non-hydrogen) atoms. The van der Waals surface area contributed by atoms with Crippen LogP contribution < -0.4 is 5.32 Å². The lowest BCUT2D eigenvalue weighted by molar-refractivity contribution is -0.140. The van der Waals surface area contributed by atoms with Gasteiger partial charge in [-0.1, -0.05) is 26.3 Å². The molecule has 0 unspecified atom stereocenters. The molecular formula is C14H16F3NO3. The Balaban J connectivity index is 2.96. The molecule has 0 aliphatic heterocycles. The van der Waals surface area contributed by atoms with Gasteiger partial charge in [0.05, 0.1) is 5.56 Å². The highest BCUT2D eigenvalue weighted by atomic mass is 19.4. The lowest BCUT2D eigenvalue weighted by Crippen LogP contribution is -2.45. The van der Waals surface area contributed by atoms with Gasteiger partial charge >= 0.3 is 12.1 Å². The number of halogens is 3. The van der Waals surface area contributed by atoms with E-state index in [1.807, 2.05) is 0 Å². The molecule has 0 fully saturated rings. The van der Waals surface area contributed by atoms with Crippen LogP contribution >= 0.6 is 0 Å². The molecule has 1 amide bonds. The smallest absolute Gasteiger partial charge is 0.416 e. The molecule has 0 aliphatic carbocycles. The molecule has 0 aliphatic rings. The second kappa shape index (κ2) is 6.60. The van der Waals surface area contributed by atoms with Crippen LogP contribution in [0.1, 0.15) is 36.2 Å². The number of carboxylic acids is 1. The minimum absolute atomic E-state index is 0.223.